The maximum atomic E-state index is 4.20. The van der Waals surface area contributed by atoms with Crippen molar-refractivity contribution in [2.45, 2.75) is 24.2 Å². The second kappa shape index (κ2) is 5.06. The molecule has 0 N–H and O–H groups in total. The molecule has 0 unspecified atom stereocenters. The Hall–Kier alpha value is -1.07. The SMILES string of the molecule is CSc1ccc([Si](C)(C)Cn2cncn2)cc1. The number of aromatic nitrogens is 3. The fourth-order valence-corrected chi connectivity index (χ4v) is 4.49. The average molecular weight is 263 g/mol. The zero-order valence-electron chi connectivity index (χ0n) is 10.4. The van der Waals surface area contributed by atoms with Crippen LogP contribution >= 0.6 is 11.8 Å². The van der Waals surface area contributed by atoms with E-state index >= 15 is 0 Å². The molecule has 1 heterocycles. The Balaban J connectivity index is 2.18. The van der Waals surface area contributed by atoms with E-state index < -0.39 is 8.07 Å². The van der Waals surface area contributed by atoms with Crippen molar-refractivity contribution in [3.05, 3.63) is 36.9 Å². The van der Waals surface area contributed by atoms with Crippen LogP contribution in [0.1, 0.15) is 0 Å². The van der Waals surface area contributed by atoms with Crippen molar-refractivity contribution in [1.82, 2.24) is 14.8 Å². The molecule has 90 valence electrons. The lowest BCUT2D eigenvalue weighted by Crippen LogP contribution is -2.45. The number of hydrogen-bond acceptors (Lipinski definition) is 3. The van der Waals surface area contributed by atoms with E-state index in [1.807, 2.05) is 4.68 Å². The van der Waals surface area contributed by atoms with Crippen LogP contribution in [0.3, 0.4) is 0 Å². The van der Waals surface area contributed by atoms with Gasteiger partial charge in [0.25, 0.3) is 0 Å². The summed E-state index contributed by atoms with van der Waals surface area (Å²) >= 11 is 1.78. The first-order valence-corrected chi connectivity index (χ1v) is 10.0. The van der Waals surface area contributed by atoms with Gasteiger partial charge in [0, 0.05) is 11.1 Å². The van der Waals surface area contributed by atoms with E-state index in [0.717, 1.165) is 6.17 Å². The first kappa shape index (κ1) is 12.4. The van der Waals surface area contributed by atoms with Gasteiger partial charge in [-0.2, -0.15) is 5.10 Å². The average Bonchev–Trinajstić information content (AvgIpc) is 2.81. The smallest absolute Gasteiger partial charge is 0.137 e. The monoisotopic (exact) mass is 263 g/mol. The van der Waals surface area contributed by atoms with Gasteiger partial charge in [-0.3, -0.25) is 4.68 Å². The standard InChI is InChI=1S/C12H17N3SSi/c1-16-11-4-6-12(7-5-11)17(2,3)10-15-9-13-8-14-15/h4-9H,10H2,1-3H3. The Labute approximate surface area is 107 Å². The summed E-state index contributed by atoms with van der Waals surface area (Å²) in [4.78, 5) is 5.32. The van der Waals surface area contributed by atoms with E-state index in [2.05, 4.69) is 53.7 Å². The molecular formula is C12H17N3SSi. The highest BCUT2D eigenvalue weighted by Crippen LogP contribution is 2.14. The summed E-state index contributed by atoms with van der Waals surface area (Å²) in [6.07, 6.45) is 6.48. The first-order valence-electron chi connectivity index (χ1n) is 5.59. The van der Waals surface area contributed by atoms with Crippen LogP contribution in [0.15, 0.2) is 41.8 Å². The van der Waals surface area contributed by atoms with Gasteiger partial charge >= 0.3 is 0 Å². The van der Waals surface area contributed by atoms with E-state index in [1.165, 1.54) is 10.1 Å². The highest BCUT2D eigenvalue weighted by Gasteiger charge is 2.24. The van der Waals surface area contributed by atoms with Gasteiger partial charge in [-0.1, -0.05) is 30.4 Å². The molecule has 0 aliphatic rings. The van der Waals surface area contributed by atoms with Crippen molar-refractivity contribution in [2.24, 2.45) is 0 Å². The van der Waals surface area contributed by atoms with Crippen LogP contribution in [0.4, 0.5) is 0 Å². The number of nitrogens with zero attached hydrogens (tertiary/aromatic N) is 3. The molecule has 0 spiro atoms. The van der Waals surface area contributed by atoms with Crippen LogP contribution in [0.25, 0.3) is 0 Å². The van der Waals surface area contributed by atoms with Gasteiger partial charge in [0.15, 0.2) is 0 Å². The summed E-state index contributed by atoms with van der Waals surface area (Å²) in [7, 11) is -1.47. The zero-order chi connectivity index (χ0) is 12.3. The molecule has 0 aliphatic heterocycles. The summed E-state index contributed by atoms with van der Waals surface area (Å²) in [5.41, 5.74) is 0. The van der Waals surface area contributed by atoms with Crippen LogP contribution in [0.5, 0.6) is 0 Å². The highest BCUT2D eigenvalue weighted by atomic mass is 32.2. The third-order valence-corrected chi connectivity index (χ3v) is 6.65. The van der Waals surface area contributed by atoms with Crippen LogP contribution in [0, 0.1) is 0 Å². The molecule has 0 bridgehead atoms. The lowest BCUT2D eigenvalue weighted by molar-refractivity contribution is 0.725. The van der Waals surface area contributed by atoms with Crippen LogP contribution in [0.2, 0.25) is 13.1 Å². The molecule has 2 aromatic rings. The van der Waals surface area contributed by atoms with Crippen LogP contribution < -0.4 is 5.19 Å². The first-order chi connectivity index (χ1) is 8.12. The Morgan fingerprint density at radius 1 is 1.24 bits per heavy atom. The minimum Gasteiger partial charge on any atom is -0.256 e. The van der Waals surface area contributed by atoms with Gasteiger partial charge in [0.05, 0.1) is 0 Å². The van der Waals surface area contributed by atoms with Crippen LogP contribution in [-0.4, -0.2) is 29.1 Å². The lowest BCUT2D eigenvalue weighted by Gasteiger charge is -2.22. The highest BCUT2D eigenvalue weighted by molar-refractivity contribution is 7.98. The van der Waals surface area contributed by atoms with Gasteiger partial charge in [-0.15, -0.1) is 11.8 Å². The van der Waals surface area contributed by atoms with E-state index in [-0.39, 0.29) is 0 Å². The number of thioether (sulfide) groups is 1. The summed E-state index contributed by atoms with van der Waals surface area (Å²) < 4.78 is 1.94. The van der Waals surface area contributed by atoms with Crippen molar-refractivity contribution in [1.29, 1.82) is 0 Å². The van der Waals surface area contributed by atoms with Crippen molar-refractivity contribution in [3.63, 3.8) is 0 Å². The number of rotatable bonds is 4. The lowest BCUT2D eigenvalue weighted by atomic mass is 10.4. The molecule has 0 atom stereocenters. The fourth-order valence-electron chi connectivity index (χ4n) is 1.85. The summed E-state index contributed by atoms with van der Waals surface area (Å²) in [5.74, 6) is 0. The zero-order valence-corrected chi connectivity index (χ0v) is 12.2. The van der Waals surface area contributed by atoms with Crippen molar-refractivity contribution in [2.75, 3.05) is 6.26 Å². The minimum absolute atomic E-state index is 0.978. The maximum Gasteiger partial charge on any atom is 0.137 e. The fraction of sp³-hybridized carbons (Fsp3) is 0.333. The van der Waals surface area contributed by atoms with Crippen LogP contribution in [-0.2, 0) is 6.17 Å². The maximum absolute atomic E-state index is 4.20. The summed E-state index contributed by atoms with van der Waals surface area (Å²) in [6, 6.07) is 8.93. The summed E-state index contributed by atoms with van der Waals surface area (Å²) in [6.45, 7) is 4.73. The second-order valence-electron chi connectivity index (χ2n) is 4.71. The van der Waals surface area contributed by atoms with Gasteiger partial charge in [0.1, 0.15) is 20.7 Å². The van der Waals surface area contributed by atoms with Gasteiger partial charge in [-0.05, 0) is 18.4 Å². The molecule has 5 heteroatoms. The van der Waals surface area contributed by atoms with Crippen molar-refractivity contribution >= 4 is 25.0 Å². The number of hydrogen-bond donors (Lipinski definition) is 0. The third-order valence-electron chi connectivity index (χ3n) is 2.90. The molecule has 1 aromatic heterocycles. The van der Waals surface area contributed by atoms with Gasteiger partial charge < -0.3 is 0 Å². The summed E-state index contributed by atoms with van der Waals surface area (Å²) in [5, 5.41) is 5.66. The van der Waals surface area contributed by atoms with E-state index in [1.54, 1.807) is 24.4 Å². The van der Waals surface area contributed by atoms with Gasteiger partial charge in [0.2, 0.25) is 0 Å². The predicted molar refractivity (Wildman–Crippen MR) is 75.4 cm³/mol. The molecule has 2 rings (SSSR count). The molecule has 0 saturated heterocycles. The molecule has 0 fully saturated rings. The number of benzene rings is 1. The Morgan fingerprint density at radius 3 is 2.47 bits per heavy atom. The molecule has 0 saturated carbocycles. The topological polar surface area (TPSA) is 30.7 Å². The van der Waals surface area contributed by atoms with E-state index in [4.69, 9.17) is 0 Å². The second-order valence-corrected chi connectivity index (χ2v) is 10.2. The Morgan fingerprint density at radius 2 is 1.94 bits per heavy atom. The molecule has 17 heavy (non-hydrogen) atoms. The molecular weight excluding hydrogens is 246 g/mol. The van der Waals surface area contributed by atoms with Gasteiger partial charge in [-0.25, -0.2) is 4.98 Å². The minimum atomic E-state index is -1.47. The molecule has 0 aliphatic carbocycles. The molecule has 0 amide bonds. The van der Waals surface area contributed by atoms with Crippen molar-refractivity contribution < 1.29 is 0 Å². The molecule has 1 aromatic carbocycles. The Bertz CT molecular complexity index is 465. The molecule has 3 nitrogen and oxygen atoms in total. The van der Waals surface area contributed by atoms with Crippen molar-refractivity contribution in [3.8, 4) is 0 Å². The Kier molecular flexibility index (Phi) is 3.68. The molecule has 0 radical (unpaired) electrons. The van der Waals surface area contributed by atoms with E-state index in [9.17, 15) is 0 Å². The third kappa shape index (κ3) is 2.98. The predicted octanol–water partition coefficient (Wildman–Crippen LogP) is 2.15. The largest absolute Gasteiger partial charge is 0.256 e. The normalized spacial score (nSPS) is 11.7. The quantitative estimate of drug-likeness (QED) is 0.625. The van der Waals surface area contributed by atoms with E-state index in [0.29, 0.717) is 0 Å².